The number of imidazole rings is 1. The van der Waals surface area contributed by atoms with E-state index in [1.165, 1.54) is 44.6 Å². The van der Waals surface area contributed by atoms with E-state index in [1.807, 2.05) is 21.3 Å². The summed E-state index contributed by atoms with van der Waals surface area (Å²) in [6, 6.07) is 8.01. The third-order valence-electron chi connectivity index (χ3n) is 9.88. The second-order valence-corrected chi connectivity index (χ2v) is 13.3. The van der Waals surface area contributed by atoms with Gasteiger partial charge in [0, 0.05) is 57.6 Å². The maximum Gasteiger partial charge on any atom is 0.245 e. The molecule has 0 spiro atoms. The predicted octanol–water partition coefficient (Wildman–Crippen LogP) is 5.13. The molecule has 1 amide bonds. The van der Waals surface area contributed by atoms with Gasteiger partial charge < -0.3 is 29.2 Å². The van der Waals surface area contributed by atoms with Gasteiger partial charge >= 0.3 is 0 Å². The third-order valence-corrected chi connectivity index (χ3v) is 9.88. The van der Waals surface area contributed by atoms with Crippen molar-refractivity contribution < 1.29 is 28.9 Å². The molecule has 2 fully saturated rings. The average Bonchev–Trinajstić information content (AvgIpc) is 3.81. The van der Waals surface area contributed by atoms with Crippen LogP contribution in [0.15, 0.2) is 55.1 Å². The van der Waals surface area contributed by atoms with Gasteiger partial charge in [-0.1, -0.05) is 0 Å². The molecular weight excluding hydrogens is 703 g/mol. The number of rotatable bonds is 3. The molecule has 2 saturated heterocycles. The highest BCUT2D eigenvalue weighted by atomic mass is 19.1. The number of halogens is 3. The van der Waals surface area contributed by atoms with Gasteiger partial charge in [-0.25, -0.2) is 38.4 Å². The Morgan fingerprint density at radius 1 is 1.06 bits per heavy atom. The van der Waals surface area contributed by atoms with Crippen molar-refractivity contribution in [1.29, 1.82) is 0 Å². The molecular formula is C37H40F3N11O3. The molecule has 54 heavy (non-hydrogen) atoms. The highest BCUT2D eigenvalue weighted by Crippen LogP contribution is 2.35. The van der Waals surface area contributed by atoms with Gasteiger partial charge in [-0.15, -0.1) is 0 Å². The highest BCUT2D eigenvalue weighted by molar-refractivity contribution is 5.94. The lowest BCUT2D eigenvalue weighted by Gasteiger charge is -2.31. The van der Waals surface area contributed by atoms with E-state index in [2.05, 4.69) is 30.4 Å². The van der Waals surface area contributed by atoms with E-state index in [-0.39, 0.29) is 26.2 Å². The fourth-order valence-electron chi connectivity index (χ4n) is 7.62. The summed E-state index contributed by atoms with van der Waals surface area (Å²) in [6.07, 6.45) is 5.50. The standard InChI is InChI=1S/C35H33F2N11O3.C2H5F.H2/c1-19-42-27-11-21(37)10-24-26-6-7-38-35(44-26)43-22-13-29(34(49)45-8-3-9-51-23(16-45)17-46(19)31(24)27)47(15-22)32-25-14-41-48(33(25)40-18-39-32)28-5-4-20(36)12-30(28)50-2;1-2-3;/h4-7,10-12,14,18,22-23,29H,3,8-9,13,15-17H2,1-2H3,(H,38,43,44);2H2,1H3;1H/t22-,23+,29-;;/m0../s1. The Hall–Kier alpha value is -5.84. The zero-order valence-corrected chi connectivity index (χ0v) is 29.9. The van der Waals surface area contributed by atoms with Gasteiger partial charge in [-0.05, 0) is 51.0 Å². The molecule has 4 aromatic heterocycles. The first-order valence-corrected chi connectivity index (χ1v) is 17.8. The minimum atomic E-state index is -0.593. The highest BCUT2D eigenvalue weighted by Gasteiger charge is 2.42. The molecule has 17 heteroatoms. The largest absolute Gasteiger partial charge is 0.494 e. The molecule has 282 valence electrons. The van der Waals surface area contributed by atoms with Gasteiger partial charge in [0.15, 0.2) is 5.65 Å². The number of methoxy groups -OCH3 is 1. The lowest BCUT2D eigenvalue weighted by molar-refractivity contribution is -0.133. The summed E-state index contributed by atoms with van der Waals surface area (Å²) in [6.45, 7) is 5.29. The van der Waals surface area contributed by atoms with Crippen LogP contribution in [-0.2, 0) is 16.1 Å². The summed E-state index contributed by atoms with van der Waals surface area (Å²) in [5, 5.41) is 8.66. The van der Waals surface area contributed by atoms with E-state index in [0.29, 0.717) is 102 Å². The van der Waals surface area contributed by atoms with E-state index >= 15 is 4.39 Å². The lowest BCUT2D eigenvalue weighted by atomic mass is 10.1. The minimum absolute atomic E-state index is 0. The Balaban J connectivity index is 0.00000113. The number of anilines is 2. The second-order valence-electron chi connectivity index (χ2n) is 13.3. The Bertz CT molecular complexity index is 2360. The van der Waals surface area contributed by atoms with Gasteiger partial charge in [0.1, 0.15) is 47.1 Å². The zero-order valence-electron chi connectivity index (χ0n) is 29.9. The molecule has 6 aromatic rings. The summed E-state index contributed by atoms with van der Waals surface area (Å²) in [5.74, 6) is 0.986. The number of carbonyl (C=O) groups is 1. The van der Waals surface area contributed by atoms with Gasteiger partial charge in [-0.3, -0.25) is 9.18 Å². The van der Waals surface area contributed by atoms with Crippen molar-refractivity contribution in [2.24, 2.45) is 0 Å². The fourth-order valence-corrected chi connectivity index (χ4v) is 7.62. The van der Waals surface area contributed by atoms with Crippen molar-refractivity contribution in [3.63, 3.8) is 0 Å². The van der Waals surface area contributed by atoms with Crippen LogP contribution in [0.1, 0.15) is 27.0 Å². The Kier molecular flexibility index (Phi) is 9.47. The maximum atomic E-state index is 15.0. The number of carbonyl (C=O) groups excluding carboxylic acids is 1. The molecule has 7 heterocycles. The molecule has 0 saturated carbocycles. The maximum absolute atomic E-state index is 15.0. The Labute approximate surface area is 309 Å². The summed E-state index contributed by atoms with van der Waals surface area (Å²) in [4.78, 5) is 41.8. The van der Waals surface area contributed by atoms with Crippen molar-refractivity contribution in [3.05, 3.63) is 72.6 Å². The molecule has 3 aliphatic heterocycles. The number of benzene rings is 2. The predicted molar refractivity (Wildman–Crippen MR) is 196 cm³/mol. The van der Waals surface area contributed by atoms with Crippen molar-refractivity contribution in [3.8, 4) is 22.7 Å². The van der Waals surface area contributed by atoms with E-state index in [9.17, 15) is 13.6 Å². The number of fused-ring (bicyclic) bond motifs is 8. The van der Waals surface area contributed by atoms with Crippen LogP contribution >= 0.6 is 0 Å². The second kappa shape index (κ2) is 14.5. The number of hydrogen-bond donors (Lipinski definition) is 1. The van der Waals surface area contributed by atoms with E-state index in [1.54, 1.807) is 29.2 Å². The number of nitrogens with one attached hydrogen (secondary N) is 1. The molecule has 0 unspecified atom stereocenters. The van der Waals surface area contributed by atoms with Crippen molar-refractivity contribution in [2.75, 3.05) is 50.2 Å². The smallest absolute Gasteiger partial charge is 0.245 e. The quantitative estimate of drug-likeness (QED) is 0.258. The summed E-state index contributed by atoms with van der Waals surface area (Å²) in [5.41, 5.74) is 3.39. The Morgan fingerprint density at radius 3 is 2.74 bits per heavy atom. The van der Waals surface area contributed by atoms with Crippen LogP contribution < -0.4 is 15.0 Å². The van der Waals surface area contributed by atoms with E-state index in [0.717, 1.165) is 5.52 Å². The van der Waals surface area contributed by atoms with Crippen LogP contribution in [0.25, 0.3) is 39.0 Å². The number of hydrogen-bond acceptors (Lipinski definition) is 11. The van der Waals surface area contributed by atoms with Crippen LogP contribution in [0.3, 0.4) is 0 Å². The first-order chi connectivity index (χ1) is 26.3. The number of aryl methyl sites for hydroxylation is 1. The number of nitrogens with zero attached hydrogens (tertiary/aromatic N) is 10. The van der Waals surface area contributed by atoms with Crippen LogP contribution in [-0.4, -0.2) is 108 Å². The molecule has 0 radical (unpaired) electrons. The Morgan fingerprint density at radius 2 is 1.91 bits per heavy atom. The van der Waals surface area contributed by atoms with Gasteiger partial charge in [0.25, 0.3) is 0 Å². The summed E-state index contributed by atoms with van der Waals surface area (Å²) in [7, 11) is 1.47. The first-order valence-electron chi connectivity index (χ1n) is 17.8. The van der Waals surface area contributed by atoms with E-state index < -0.39 is 17.7 Å². The van der Waals surface area contributed by atoms with Gasteiger partial charge in [0.2, 0.25) is 11.9 Å². The third kappa shape index (κ3) is 6.41. The average molecular weight is 744 g/mol. The summed E-state index contributed by atoms with van der Waals surface area (Å²) >= 11 is 0. The van der Waals surface area contributed by atoms with Gasteiger partial charge in [-0.2, -0.15) is 5.10 Å². The van der Waals surface area contributed by atoms with E-state index in [4.69, 9.17) is 14.5 Å². The molecule has 0 aliphatic carbocycles. The minimum Gasteiger partial charge on any atom is -0.494 e. The zero-order chi connectivity index (χ0) is 37.5. The topological polar surface area (TPSA) is 141 Å². The number of alkyl halides is 1. The molecule has 3 aliphatic rings. The van der Waals surface area contributed by atoms with Crippen LogP contribution in [0.5, 0.6) is 5.75 Å². The first kappa shape index (κ1) is 35.2. The molecule has 2 aromatic carbocycles. The summed E-state index contributed by atoms with van der Waals surface area (Å²) < 4.78 is 54.7. The monoisotopic (exact) mass is 743 g/mol. The van der Waals surface area contributed by atoms with Crippen molar-refractivity contribution in [2.45, 2.75) is 51.4 Å². The van der Waals surface area contributed by atoms with Crippen molar-refractivity contribution >= 4 is 39.7 Å². The number of aromatic nitrogens is 8. The lowest BCUT2D eigenvalue weighted by Crippen LogP contribution is -2.48. The van der Waals surface area contributed by atoms with Crippen LogP contribution in [0.4, 0.5) is 24.9 Å². The van der Waals surface area contributed by atoms with Gasteiger partial charge in [0.05, 0.1) is 54.7 Å². The van der Waals surface area contributed by atoms with Crippen LogP contribution in [0, 0.1) is 18.6 Å². The van der Waals surface area contributed by atoms with Crippen molar-refractivity contribution in [1.82, 2.24) is 44.2 Å². The normalized spacial score (nSPS) is 19.8. The molecule has 14 nitrogen and oxygen atoms in total. The molecule has 1 N–H and O–H groups in total. The number of amides is 1. The molecule has 3 atom stereocenters. The SMILES string of the molecule is CCF.COc1cc(F)ccc1-n1ncc2c(N3C[C@@H]4C[C@H]3C(=O)N3CCCO[C@H](C3)Cn3c(C)nc5cc(F)cc(c53)-c3ccnc(n3)N4)ncnc21.[HH]. The molecule has 6 bridgehead atoms. The number of ether oxygens (including phenoxy) is 2. The fraction of sp³-hybridized carbons (Fsp3) is 0.378. The molecule has 9 rings (SSSR count). The van der Waals surface area contributed by atoms with Crippen LogP contribution in [0.2, 0.25) is 0 Å².